The predicted octanol–water partition coefficient (Wildman–Crippen LogP) is 5.39. The Morgan fingerprint density at radius 1 is 1.12 bits per heavy atom. The highest BCUT2D eigenvalue weighted by molar-refractivity contribution is 5.66. The summed E-state index contributed by atoms with van der Waals surface area (Å²) in [5.74, 6) is 0.754. The molecule has 0 radical (unpaired) electrons. The highest BCUT2D eigenvalue weighted by Gasteiger charge is 2.69. The second-order valence-electron chi connectivity index (χ2n) is 16.0. The molecule has 7 heteroatoms. The van der Waals surface area contributed by atoms with Crippen molar-refractivity contribution in [2.45, 2.75) is 144 Å². The third-order valence-corrected chi connectivity index (χ3v) is 13.1. The Morgan fingerprint density at radius 3 is 2.41 bits per heavy atom. The lowest BCUT2D eigenvalue weighted by Crippen LogP contribution is -2.65. The highest BCUT2D eigenvalue weighted by atomic mass is 16.7. The number of fused-ring (bicyclic) bond motifs is 5. The van der Waals surface area contributed by atoms with E-state index in [1.54, 1.807) is 13.8 Å². The average Bonchev–Trinajstić information content (AvgIpc) is 3.43. The molecule has 234 valence electrons. The summed E-state index contributed by atoms with van der Waals surface area (Å²) < 4.78 is 18.3. The van der Waals surface area contributed by atoms with Crippen LogP contribution in [0, 0.1) is 45.3 Å². The summed E-state index contributed by atoms with van der Waals surface area (Å²) in [5, 5.41) is 33.5. The van der Waals surface area contributed by atoms with Crippen LogP contribution in [0.1, 0.15) is 107 Å². The van der Waals surface area contributed by atoms with Crippen molar-refractivity contribution in [3.63, 3.8) is 0 Å². The molecular weight excluding hydrogens is 520 g/mol. The van der Waals surface area contributed by atoms with Crippen molar-refractivity contribution in [1.82, 2.24) is 0 Å². The fourth-order valence-electron chi connectivity index (χ4n) is 11.1. The largest absolute Gasteiger partial charge is 0.462 e. The van der Waals surface area contributed by atoms with Gasteiger partial charge in [0.2, 0.25) is 0 Å². The maximum Gasteiger partial charge on any atom is 0.302 e. The molecule has 3 saturated carbocycles. The zero-order valence-corrected chi connectivity index (χ0v) is 26.9. The van der Waals surface area contributed by atoms with Crippen molar-refractivity contribution < 1.29 is 34.3 Å². The molecule has 5 aliphatic rings. The van der Waals surface area contributed by atoms with Crippen LogP contribution in [0.4, 0.5) is 0 Å². The van der Waals surface area contributed by atoms with Crippen LogP contribution in [-0.2, 0) is 19.0 Å². The molecule has 0 bridgehead atoms. The molecule has 1 heterocycles. The van der Waals surface area contributed by atoms with Gasteiger partial charge in [-0.2, -0.15) is 0 Å². The summed E-state index contributed by atoms with van der Waals surface area (Å²) in [4.78, 5) is 11.9. The Balaban J connectivity index is 1.44. The van der Waals surface area contributed by atoms with Gasteiger partial charge in [-0.05, 0) is 94.3 Å². The van der Waals surface area contributed by atoms with Crippen LogP contribution in [0.2, 0.25) is 0 Å². The van der Waals surface area contributed by atoms with Crippen molar-refractivity contribution in [3.8, 4) is 0 Å². The van der Waals surface area contributed by atoms with Gasteiger partial charge in [-0.25, -0.2) is 0 Å². The third-order valence-electron chi connectivity index (χ3n) is 13.1. The molecule has 0 aromatic carbocycles. The summed E-state index contributed by atoms with van der Waals surface area (Å²) in [6, 6.07) is 0. The summed E-state index contributed by atoms with van der Waals surface area (Å²) in [6.45, 7) is 18.9. The van der Waals surface area contributed by atoms with Gasteiger partial charge in [-0.3, -0.25) is 4.79 Å². The maximum absolute atomic E-state index is 12.1. The molecule has 0 aromatic rings. The standard InChI is InChI=1S/C34H56O7/c1-10-39-29-20(17-22(41-29)28(37)31(5,6)38)21-11-12-23-32(21,7)15-13-24-33(8)16-14-27(40-19(2)35)30(3,4)25(33)18-26(36)34(23,24)9/h12,20-22,24-29,36-38H,10-11,13-18H2,1-9H3/t20-,21+,22+,24+,25-,26+,27+,28-,29-,32-,33+,34-/m0/s1. The molecule has 41 heavy (non-hydrogen) atoms. The smallest absolute Gasteiger partial charge is 0.302 e. The quantitative estimate of drug-likeness (QED) is 0.287. The summed E-state index contributed by atoms with van der Waals surface area (Å²) in [5.41, 5.74) is -0.454. The zero-order chi connectivity index (χ0) is 30.3. The van der Waals surface area contributed by atoms with Gasteiger partial charge in [-0.15, -0.1) is 0 Å². The molecule has 4 fully saturated rings. The minimum Gasteiger partial charge on any atom is -0.462 e. The van der Waals surface area contributed by atoms with Gasteiger partial charge in [0.15, 0.2) is 6.29 Å². The van der Waals surface area contributed by atoms with E-state index in [0.29, 0.717) is 25.4 Å². The van der Waals surface area contributed by atoms with Gasteiger partial charge in [-0.1, -0.05) is 46.3 Å². The van der Waals surface area contributed by atoms with Crippen LogP contribution in [0.3, 0.4) is 0 Å². The first-order chi connectivity index (χ1) is 18.9. The number of carbonyl (C=O) groups is 1. The number of carbonyl (C=O) groups excluding carboxylic acids is 1. The Morgan fingerprint density at radius 2 is 1.80 bits per heavy atom. The topological polar surface area (TPSA) is 105 Å². The number of hydrogen-bond acceptors (Lipinski definition) is 7. The van der Waals surface area contributed by atoms with Crippen molar-refractivity contribution >= 4 is 5.97 Å². The first-order valence-electron chi connectivity index (χ1n) is 16.2. The van der Waals surface area contributed by atoms with Gasteiger partial charge in [0.1, 0.15) is 12.2 Å². The average molecular weight is 577 g/mol. The van der Waals surface area contributed by atoms with Crippen LogP contribution in [-0.4, -0.2) is 64.2 Å². The second-order valence-corrected chi connectivity index (χ2v) is 16.0. The van der Waals surface area contributed by atoms with Crippen molar-refractivity contribution in [1.29, 1.82) is 0 Å². The Bertz CT molecular complexity index is 1050. The predicted molar refractivity (Wildman–Crippen MR) is 157 cm³/mol. The van der Waals surface area contributed by atoms with E-state index in [-0.39, 0.29) is 51.5 Å². The fraction of sp³-hybridized carbons (Fsp3) is 0.912. The number of aliphatic hydroxyl groups excluding tert-OH is 2. The molecule has 7 nitrogen and oxygen atoms in total. The van der Waals surface area contributed by atoms with E-state index in [9.17, 15) is 20.1 Å². The number of esters is 1. The van der Waals surface area contributed by atoms with E-state index in [1.165, 1.54) is 12.5 Å². The van der Waals surface area contributed by atoms with Crippen LogP contribution in [0.5, 0.6) is 0 Å². The fourth-order valence-corrected chi connectivity index (χ4v) is 11.1. The summed E-state index contributed by atoms with van der Waals surface area (Å²) in [7, 11) is 0. The Hall–Kier alpha value is -0.990. The lowest BCUT2D eigenvalue weighted by atomic mass is 9.37. The number of allylic oxidation sites excluding steroid dienone is 1. The van der Waals surface area contributed by atoms with Crippen LogP contribution in [0.25, 0.3) is 0 Å². The van der Waals surface area contributed by atoms with E-state index in [0.717, 1.165) is 32.1 Å². The van der Waals surface area contributed by atoms with Crippen LogP contribution >= 0.6 is 0 Å². The van der Waals surface area contributed by atoms with Gasteiger partial charge in [0, 0.05) is 30.3 Å². The van der Waals surface area contributed by atoms with Gasteiger partial charge < -0.3 is 29.5 Å². The molecule has 3 N–H and O–H groups in total. The van der Waals surface area contributed by atoms with Gasteiger partial charge in [0.05, 0.1) is 17.8 Å². The molecule has 0 unspecified atom stereocenters. The van der Waals surface area contributed by atoms with Crippen molar-refractivity contribution in [2.24, 2.45) is 45.3 Å². The molecular formula is C34H56O7. The van der Waals surface area contributed by atoms with Crippen LogP contribution < -0.4 is 0 Å². The van der Waals surface area contributed by atoms with Gasteiger partial charge in [0.25, 0.3) is 0 Å². The number of aliphatic hydroxyl groups is 3. The SMILES string of the molecule is CCO[C@H]1O[C@@H]([C@H](O)C(C)(C)O)C[C@H]1[C@H]1CC=C2[C@]3(C)[C@H](O)C[C@H]4C(C)(C)[C@H](OC(C)=O)CC[C@]4(C)[C@H]3CC[C@]21C. The molecule has 5 rings (SSSR count). The molecule has 0 amide bonds. The minimum atomic E-state index is -1.26. The first kappa shape index (κ1) is 31.4. The minimum absolute atomic E-state index is 0.0423. The second kappa shape index (κ2) is 10.3. The van der Waals surface area contributed by atoms with E-state index < -0.39 is 30.2 Å². The number of rotatable bonds is 6. The monoisotopic (exact) mass is 576 g/mol. The normalized spacial score (nSPS) is 48.0. The van der Waals surface area contributed by atoms with Crippen molar-refractivity contribution in [3.05, 3.63) is 11.6 Å². The molecule has 4 aliphatic carbocycles. The van der Waals surface area contributed by atoms with Crippen LogP contribution in [0.15, 0.2) is 11.6 Å². The number of hydrogen-bond donors (Lipinski definition) is 3. The molecule has 1 aliphatic heterocycles. The van der Waals surface area contributed by atoms with E-state index in [4.69, 9.17) is 14.2 Å². The molecule has 1 saturated heterocycles. The number of ether oxygens (including phenoxy) is 3. The molecule has 0 spiro atoms. The van der Waals surface area contributed by atoms with Crippen molar-refractivity contribution in [2.75, 3.05) is 6.61 Å². The maximum atomic E-state index is 12.1. The molecule has 0 aromatic heterocycles. The van der Waals surface area contributed by atoms with E-state index >= 15 is 0 Å². The summed E-state index contributed by atoms with van der Waals surface area (Å²) >= 11 is 0. The van der Waals surface area contributed by atoms with Gasteiger partial charge >= 0.3 is 5.97 Å². The Labute approximate surface area is 247 Å². The van der Waals surface area contributed by atoms with E-state index in [1.807, 2.05) is 6.92 Å². The Kier molecular flexibility index (Phi) is 7.89. The molecule has 12 atom stereocenters. The lowest BCUT2D eigenvalue weighted by Gasteiger charge is -2.68. The highest BCUT2D eigenvalue weighted by Crippen LogP contribution is 2.73. The summed E-state index contributed by atoms with van der Waals surface area (Å²) in [6.07, 6.45) is 6.15. The lowest BCUT2D eigenvalue weighted by molar-refractivity contribution is -0.221. The zero-order valence-electron chi connectivity index (χ0n) is 26.9. The van der Waals surface area contributed by atoms with E-state index in [2.05, 4.69) is 40.7 Å². The third kappa shape index (κ3) is 4.67. The first-order valence-corrected chi connectivity index (χ1v) is 16.2.